The third-order valence-corrected chi connectivity index (χ3v) is 7.25. The Morgan fingerprint density at radius 1 is 1.32 bits per heavy atom. The average Bonchev–Trinajstić information content (AvgIpc) is 3.07. The van der Waals surface area contributed by atoms with Gasteiger partial charge in [-0.1, -0.05) is 24.3 Å². The molecule has 4 aliphatic rings. The summed E-state index contributed by atoms with van der Waals surface area (Å²) in [6.45, 7) is 1.48. The van der Waals surface area contributed by atoms with Crippen molar-refractivity contribution < 1.29 is 14.6 Å². The zero-order chi connectivity index (χ0) is 18.9. The normalized spacial score (nSPS) is 34.6. The molecule has 0 radical (unpaired) electrons. The maximum atomic E-state index is 10.8. The Morgan fingerprint density at radius 2 is 2.25 bits per heavy atom. The van der Waals surface area contributed by atoms with Gasteiger partial charge in [0.1, 0.15) is 18.8 Å². The summed E-state index contributed by atoms with van der Waals surface area (Å²) in [6.07, 6.45) is 8.98. The second kappa shape index (κ2) is 5.82. The zero-order valence-electron chi connectivity index (χ0n) is 15.9. The van der Waals surface area contributed by atoms with Gasteiger partial charge in [0.15, 0.2) is 11.5 Å². The summed E-state index contributed by atoms with van der Waals surface area (Å²) in [4.78, 5) is 6.64. The largest absolute Gasteiger partial charge is 0.485 e. The van der Waals surface area contributed by atoms with E-state index in [4.69, 9.17) is 9.47 Å². The van der Waals surface area contributed by atoms with E-state index in [1.54, 1.807) is 6.20 Å². The Bertz CT molecular complexity index is 960. The van der Waals surface area contributed by atoms with Crippen molar-refractivity contribution in [2.24, 2.45) is 5.92 Å². The molecular formula is C23H24N2O3. The van der Waals surface area contributed by atoms with E-state index in [2.05, 4.69) is 29.1 Å². The number of aliphatic hydroxyl groups is 1. The van der Waals surface area contributed by atoms with Gasteiger partial charge < -0.3 is 19.5 Å². The van der Waals surface area contributed by atoms with Gasteiger partial charge in [0.25, 0.3) is 0 Å². The van der Waals surface area contributed by atoms with Gasteiger partial charge >= 0.3 is 0 Å². The minimum Gasteiger partial charge on any atom is -0.485 e. The molecule has 3 heterocycles. The molecule has 144 valence electrons. The zero-order valence-corrected chi connectivity index (χ0v) is 15.9. The van der Waals surface area contributed by atoms with Crippen molar-refractivity contribution in [3.63, 3.8) is 0 Å². The molecule has 2 bridgehead atoms. The first-order valence-corrected chi connectivity index (χ1v) is 10.1. The number of aromatic nitrogens is 1. The van der Waals surface area contributed by atoms with Crippen LogP contribution in [0.4, 0.5) is 0 Å². The lowest BCUT2D eigenvalue weighted by Crippen LogP contribution is -2.64. The molecule has 6 rings (SSSR count). The van der Waals surface area contributed by atoms with Crippen molar-refractivity contribution >= 4 is 0 Å². The van der Waals surface area contributed by atoms with E-state index in [0.717, 1.165) is 36.4 Å². The second-order valence-corrected chi connectivity index (χ2v) is 8.56. The molecule has 28 heavy (non-hydrogen) atoms. The number of benzene rings is 1. The molecule has 2 aliphatic carbocycles. The molecule has 1 aromatic carbocycles. The lowest BCUT2D eigenvalue weighted by atomic mass is 9.53. The summed E-state index contributed by atoms with van der Waals surface area (Å²) in [7, 11) is 2.22. The molecule has 1 saturated heterocycles. The van der Waals surface area contributed by atoms with E-state index in [1.165, 1.54) is 11.1 Å². The number of likely N-dealkylation sites (N-methyl/N-ethyl adjacent to an activating group) is 1. The number of hydrogen-bond acceptors (Lipinski definition) is 5. The first kappa shape index (κ1) is 16.6. The number of nitrogens with zero attached hydrogens (tertiary/aromatic N) is 2. The highest BCUT2D eigenvalue weighted by Crippen LogP contribution is 2.62. The van der Waals surface area contributed by atoms with E-state index in [-0.39, 0.29) is 11.5 Å². The Kier molecular flexibility index (Phi) is 3.44. The van der Waals surface area contributed by atoms with Crippen LogP contribution in [0.25, 0.3) is 0 Å². The van der Waals surface area contributed by atoms with Gasteiger partial charge in [-0.25, -0.2) is 0 Å². The molecule has 0 unspecified atom stereocenters. The fourth-order valence-electron chi connectivity index (χ4n) is 5.99. The second-order valence-electron chi connectivity index (χ2n) is 8.56. The van der Waals surface area contributed by atoms with Crippen LogP contribution in [-0.4, -0.2) is 46.8 Å². The van der Waals surface area contributed by atoms with Crippen LogP contribution >= 0.6 is 0 Å². The van der Waals surface area contributed by atoms with E-state index < -0.39 is 6.10 Å². The SMILES string of the molecule is CN1CC[C@]23c4c5ccc(OCc6cccnc6)c4O[C@H]2[C@@H](O)C=C[C@H]3[C@H]1C5. The van der Waals surface area contributed by atoms with Crippen molar-refractivity contribution in [1.82, 2.24) is 9.88 Å². The fourth-order valence-corrected chi connectivity index (χ4v) is 5.99. The molecule has 2 aliphatic heterocycles. The van der Waals surface area contributed by atoms with Crippen LogP contribution in [0.3, 0.4) is 0 Å². The lowest BCUT2D eigenvalue weighted by Gasteiger charge is -2.56. The minimum absolute atomic E-state index is 0.137. The molecule has 0 saturated carbocycles. The molecule has 1 fully saturated rings. The van der Waals surface area contributed by atoms with Crippen LogP contribution in [0.5, 0.6) is 11.5 Å². The smallest absolute Gasteiger partial charge is 0.166 e. The van der Waals surface area contributed by atoms with Crippen LogP contribution in [-0.2, 0) is 18.4 Å². The van der Waals surface area contributed by atoms with Crippen molar-refractivity contribution in [2.45, 2.75) is 43.1 Å². The summed E-state index contributed by atoms with van der Waals surface area (Å²) < 4.78 is 12.7. The first-order chi connectivity index (χ1) is 13.7. The molecule has 0 amide bonds. The standard InChI is InChI=1S/C23H24N2O3/c1-25-10-8-23-16-5-6-18(26)22(23)28-21-19(27-13-14-3-2-9-24-12-14)7-4-15(20(21)23)11-17(16)25/h2-7,9,12,16-18,22,26H,8,10-11,13H2,1H3/t16-,17+,18-,22-,23-/m0/s1. The summed E-state index contributed by atoms with van der Waals surface area (Å²) in [6, 6.07) is 8.63. The predicted octanol–water partition coefficient (Wildman–Crippen LogP) is 2.47. The molecular weight excluding hydrogens is 352 g/mol. The predicted molar refractivity (Wildman–Crippen MR) is 104 cm³/mol. The molecule has 5 atom stereocenters. The number of rotatable bonds is 3. The number of likely N-dealkylation sites (tertiary alicyclic amines) is 1. The molecule has 1 spiro atoms. The van der Waals surface area contributed by atoms with Gasteiger partial charge in [-0.3, -0.25) is 4.98 Å². The summed E-state index contributed by atoms with van der Waals surface area (Å²) >= 11 is 0. The average molecular weight is 376 g/mol. The van der Waals surface area contributed by atoms with E-state index in [0.29, 0.717) is 18.6 Å². The number of pyridine rings is 1. The number of piperidine rings is 1. The molecule has 1 aromatic heterocycles. The molecule has 5 nitrogen and oxygen atoms in total. The summed E-state index contributed by atoms with van der Waals surface area (Å²) in [5.41, 5.74) is 3.53. The maximum Gasteiger partial charge on any atom is 0.166 e. The third kappa shape index (κ3) is 2.06. The van der Waals surface area contributed by atoms with Gasteiger partial charge in [0.05, 0.1) is 0 Å². The number of aliphatic hydroxyl groups excluding tert-OH is 1. The quantitative estimate of drug-likeness (QED) is 0.834. The van der Waals surface area contributed by atoms with Gasteiger partial charge in [0, 0.05) is 40.9 Å². The first-order valence-electron chi connectivity index (χ1n) is 10.1. The topological polar surface area (TPSA) is 54.8 Å². The highest BCUT2D eigenvalue weighted by molar-refractivity contribution is 5.62. The Morgan fingerprint density at radius 3 is 3.11 bits per heavy atom. The van der Waals surface area contributed by atoms with Gasteiger partial charge in [0.2, 0.25) is 0 Å². The third-order valence-electron chi connectivity index (χ3n) is 7.25. The summed E-state index contributed by atoms with van der Waals surface area (Å²) in [5.74, 6) is 2.00. The van der Waals surface area contributed by atoms with Crippen molar-refractivity contribution in [3.8, 4) is 11.5 Å². The van der Waals surface area contributed by atoms with E-state index in [1.807, 2.05) is 30.5 Å². The maximum absolute atomic E-state index is 10.8. The minimum atomic E-state index is -0.579. The van der Waals surface area contributed by atoms with Crippen LogP contribution < -0.4 is 9.47 Å². The van der Waals surface area contributed by atoms with Crippen LogP contribution in [0.2, 0.25) is 0 Å². The highest BCUT2D eigenvalue weighted by atomic mass is 16.5. The van der Waals surface area contributed by atoms with Crippen LogP contribution in [0, 0.1) is 5.92 Å². The van der Waals surface area contributed by atoms with Gasteiger partial charge in [-0.05, 0) is 44.1 Å². The van der Waals surface area contributed by atoms with Crippen molar-refractivity contribution in [2.75, 3.05) is 13.6 Å². The number of hydrogen-bond donors (Lipinski definition) is 1. The van der Waals surface area contributed by atoms with Crippen LogP contribution in [0.1, 0.15) is 23.1 Å². The van der Waals surface area contributed by atoms with Gasteiger partial charge in [-0.15, -0.1) is 0 Å². The number of ether oxygens (including phenoxy) is 2. The lowest BCUT2D eigenvalue weighted by molar-refractivity contribution is -0.0454. The van der Waals surface area contributed by atoms with E-state index in [9.17, 15) is 5.11 Å². The van der Waals surface area contributed by atoms with Crippen LogP contribution in [0.15, 0.2) is 48.8 Å². The molecule has 2 aromatic rings. The molecule has 5 heteroatoms. The molecule has 1 N–H and O–H groups in total. The Labute approximate surface area is 164 Å². The fraction of sp³-hybridized carbons (Fsp3) is 0.435. The summed E-state index contributed by atoms with van der Waals surface area (Å²) in [5, 5.41) is 10.8. The van der Waals surface area contributed by atoms with E-state index >= 15 is 0 Å². The Hall–Kier alpha value is -2.37. The van der Waals surface area contributed by atoms with Crippen molar-refractivity contribution in [3.05, 3.63) is 65.5 Å². The van der Waals surface area contributed by atoms with Gasteiger partial charge in [-0.2, -0.15) is 0 Å². The monoisotopic (exact) mass is 376 g/mol. The van der Waals surface area contributed by atoms with Crippen molar-refractivity contribution in [1.29, 1.82) is 0 Å². The highest BCUT2D eigenvalue weighted by Gasteiger charge is 2.64. The Balaban J connectivity index is 1.45.